The Kier molecular flexibility index (Phi) is 1.99. The Bertz CT molecular complexity index is 435. The van der Waals surface area contributed by atoms with Crippen molar-refractivity contribution in [1.82, 2.24) is 4.98 Å². The minimum absolute atomic E-state index is 0.572. The summed E-state index contributed by atoms with van der Waals surface area (Å²) in [6.45, 7) is 2.57. The van der Waals surface area contributed by atoms with Crippen molar-refractivity contribution in [3.8, 4) is 0 Å². The fraction of sp³-hybridized carbons (Fsp3) is 0.182. The highest BCUT2D eigenvalue weighted by molar-refractivity contribution is 5.85. The monoisotopic (exact) mass is 172 g/mol. The molecule has 0 aliphatic carbocycles. The first kappa shape index (κ1) is 8.20. The number of aromatic nitrogens is 1. The molecule has 2 heteroatoms. The quantitative estimate of drug-likeness (QED) is 0.714. The Morgan fingerprint density at radius 1 is 1.38 bits per heavy atom. The van der Waals surface area contributed by atoms with Crippen LogP contribution in [0.5, 0.6) is 0 Å². The van der Waals surface area contributed by atoms with Crippen LogP contribution in [0.2, 0.25) is 0 Å². The summed E-state index contributed by atoms with van der Waals surface area (Å²) in [5.41, 5.74) is 7.83. The Morgan fingerprint density at radius 3 is 3.00 bits per heavy atom. The second-order valence-corrected chi connectivity index (χ2v) is 3.17. The average molecular weight is 172 g/mol. The van der Waals surface area contributed by atoms with Crippen molar-refractivity contribution in [2.45, 2.75) is 13.5 Å². The Hall–Kier alpha value is -1.41. The number of hydrogen-bond acceptors (Lipinski definition) is 2. The van der Waals surface area contributed by atoms with Gasteiger partial charge in [0, 0.05) is 23.8 Å². The molecule has 2 nitrogen and oxygen atoms in total. The van der Waals surface area contributed by atoms with E-state index < -0.39 is 0 Å². The lowest BCUT2D eigenvalue weighted by Crippen LogP contribution is -1.97. The van der Waals surface area contributed by atoms with E-state index in [9.17, 15) is 0 Å². The van der Waals surface area contributed by atoms with Crippen LogP contribution in [0, 0.1) is 6.92 Å². The number of fused-ring (bicyclic) bond motifs is 1. The first-order valence-electron chi connectivity index (χ1n) is 4.35. The summed E-state index contributed by atoms with van der Waals surface area (Å²) in [5, 5.41) is 2.38. The predicted octanol–water partition coefficient (Wildman–Crippen LogP) is 2.00. The topological polar surface area (TPSA) is 38.9 Å². The Labute approximate surface area is 77.4 Å². The minimum Gasteiger partial charge on any atom is -0.326 e. The van der Waals surface area contributed by atoms with Gasteiger partial charge in [-0.1, -0.05) is 18.2 Å². The van der Waals surface area contributed by atoms with Crippen LogP contribution in [0.4, 0.5) is 0 Å². The molecular formula is C11H12N2. The van der Waals surface area contributed by atoms with Crippen molar-refractivity contribution in [2.75, 3.05) is 0 Å². The van der Waals surface area contributed by atoms with Crippen molar-refractivity contribution < 1.29 is 0 Å². The maximum absolute atomic E-state index is 5.63. The molecule has 0 saturated carbocycles. The van der Waals surface area contributed by atoms with Crippen molar-refractivity contribution in [3.05, 3.63) is 41.7 Å². The molecule has 0 spiro atoms. The molecule has 0 aliphatic rings. The van der Waals surface area contributed by atoms with Gasteiger partial charge in [0.25, 0.3) is 0 Å². The predicted molar refractivity (Wildman–Crippen MR) is 54.4 cm³/mol. The van der Waals surface area contributed by atoms with E-state index in [1.54, 1.807) is 0 Å². The highest BCUT2D eigenvalue weighted by Gasteiger charge is 1.98. The van der Waals surface area contributed by atoms with E-state index in [1.165, 1.54) is 5.39 Å². The SMILES string of the molecule is Cc1cc2cccc(CN)c2cn1. The van der Waals surface area contributed by atoms with Crippen molar-refractivity contribution in [1.29, 1.82) is 0 Å². The maximum atomic E-state index is 5.63. The van der Waals surface area contributed by atoms with E-state index in [4.69, 9.17) is 5.73 Å². The van der Waals surface area contributed by atoms with Gasteiger partial charge in [-0.2, -0.15) is 0 Å². The Balaban J connectivity index is 2.77. The van der Waals surface area contributed by atoms with Crippen LogP contribution >= 0.6 is 0 Å². The summed E-state index contributed by atoms with van der Waals surface area (Å²) in [6, 6.07) is 8.24. The molecule has 1 heterocycles. The van der Waals surface area contributed by atoms with Gasteiger partial charge >= 0.3 is 0 Å². The Morgan fingerprint density at radius 2 is 2.23 bits per heavy atom. The fourth-order valence-corrected chi connectivity index (χ4v) is 1.52. The van der Waals surface area contributed by atoms with Crippen molar-refractivity contribution >= 4 is 10.8 Å². The van der Waals surface area contributed by atoms with Gasteiger partial charge in [-0.25, -0.2) is 0 Å². The van der Waals surface area contributed by atoms with Crippen LogP contribution in [0.3, 0.4) is 0 Å². The van der Waals surface area contributed by atoms with Gasteiger partial charge in [0.05, 0.1) is 0 Å². The number of rotatable bonds is 1. The molecule has 0 radical (unpaired) electrons. The van der Waals surface area contributed by atoms with Crippen LogP contribution in [0.25, 0.3) is 10.8 Å². The summed E-state index contributed by atoms with van der Waals surface area (Å²) in [6.07, 6.45) is 1.90. The molecule has 0 saturated heterocycles. The van der Waals surface area contributed by atoms with Crippen LogP contribution in [0.15, 0.2) is 30.5 Å². The molecule has 2 N–H and O–H groups in total. The number of nitrogens with two attached hydrogens (primary N) is 1. The smallest absolute Gasteiger partial charge is 0.0379 e. The van der Waals surface area contributed by atoms with Gasteiger partial charge in [-0.15, -0.1) is 0 Å². The van der Waals surface area contributed by atoms with E-state index in [1.807, 2.05) is 25.3 Å². The lowest BCUT2D eigenvalue weighted by atomic mass is 10.1. The number of aryl methyl sites for hydroxylation is 1. The third kappa shape index (κ3) is 1.40. The molecule has 0 fully saturated rings. The van der Waals surface area contributed by atoms with E-state index in [2.05, 4.69) is 17.1 Å². The molecule has 66 valence electrons. The summed E-state index contributed by atoms with van der Waals surface area (Å²) < 4.78 is 0. The van der Waals surface area contributed by atoms with Crippen LogP contribution in [0.1, 0.15) is 11.3 Å². The molecule has 0 bridgehead atoms. The molecule has 0 amide bonds. The normalized spacial score (nSPS) is 10.6. The number of pyridine rings is 1. The summed E-state index contributed by atoms with van der Waals surface area (Å²) in [4.78, 5) is 4.26. The van der Waals surface area contributed by atoms with E-state index in [0.29, 0.717) is 6.54 Å². The molecule has 1 aromatic carbocycles. The standard InChI is InChI=1S/C11H12N2/c1-8-5-9-3-2-4-10(6-12)11(9)7-13-8/h2-5,7H,6,12H2,1H3. The molecule has 0 atom stereocenters. The number of nitrogens with zero attached hydrogens (tertiary/aromatic N) is 1. The fourth-order valence-electron chi connectivity index (χ4n) is 1.52. The largest absolute Gasteiger partial charge is 0.326 e. The molecule has 0 aliphatic heterocycles. The van der Waals surface area contributed by atoms with Crippen molar-refractivity contribution in [3.63, 3.8) is 0 Å². The van der Waals surface area contributed by atoms with Crippen LogP contribution in [-0.2, 0) is 6.54 Å². The molecule has 2 aromatic rings. The van der Waals surface area contributed by atoms with Gasteiger partial charge in [-0.05, 0) is 23.9 Å². The molecule has 13 heavy (non-hydrogen) atoms. The zero-order valence-corrected chi connectivity index (χ0v) is 7.62. The number of hydrogen-bond donors (Lipinski definition) is 1. The van der Waals surface area contributed by atoms with E-state index in [-0.39, 0.29) is 0 Å². The first-order chi connectivity index (χ1) is 6.31. The maximum Gasteiger partial charge on any atom is 0.0379 e. The molecule has 1 aromatic heterocycles. The summed E-state index contributed by atoms with van der Waals surface area (Å²) >= 11 is 0. The third-order valence-electron chi connectivity index (χ3n) is 2.21. The second-order valence-electron chi connectivity index (χ2n) is 3.17. The summed E-state index contributed by atoms with van der Waals surface area (Å²) in [5.74, 6) is 0. The van der Waals surface area contributed by atoms with Gasteiger partial charge in [0.1, 0.15) is 0 Å². The van der Waals surface area contributed by atoms with Crippen LogP contribution in [-0.4, -0.2) is 4.98 Å². The zero-order chi connectivity index (χ0) is 9.26. The van der Waals surface area contributed by atoms with Crippen LogP contribution < -0.4 is 5.73 Å². The van der Waals surface area contributed by atoms with Gasteiger partial charge < -0.3 is 5.73 Å². The zero-order valence-electron chi connectivity index (χ0n) is 7.62. The average Bonchev–Trinajstić information content (AvgIpc) is 2.16. The molecule has 2 rings (SSSR count). The minimum atomic E-state index is 0.572. The molecular weight excluding hydrogens is 160 g/mol. The van der Waals surface area contributed by atoms with Crippen molar-refractivity contribution in [2.24, 2.45) is 5.73 Å². The van der Waals surface area contributed by atoms with E-state index >= 15 is 0 Å². The third-order valence-corrected chi connectivity index (χ3v) is 2.21. The highest BCUT2D eigenvalue weighted by atomic mass is 14.7. The second kappa shape index (κ2) is 3.15. The van der Waals surface area contributed by atoms with Gasteiger partial charge in [0.2, 0.25) is 0 Å². The summed E-state index contributed by atoms with van der Waals surface area (Å²) in [7, 11) is 0. The van der Waals surface area contributed by atoms with Gasteiger partial charge in [-0.3, -0.25) is 4.98 Å². The lowest BCUT2D eigenvalue weighted by Gasteiger charge is -2.03. The lowest BCUT2D eigenvalue weighted by molar-refractivity contribution is 1.08. The van der Waals surface area contributed by atoms with E-state index in [0.717, 1.165) is 16.6 Å². The molecule has 0 unspecified atom stereocenters. The number of benzene rings is 1. The first-order valence-corrected chi connectivity index (χ1v) is 4.35. The highest BCUT2D eigenvalue weighted by Crippen LogP contribution is 2.17. The van der Waals surface area contributed by atoms with Gasteiger partial charge in [0.15, 0.2) is 0 Å².